The van der Waals surface area contributed by atoms with Gasteiger partial charge in [-0.1, -0.05) is 11.3 Å². The van der Waals surface area contributed by atoms with Gasteiger partial charge < -0.3 is 14.0 Å². The lowest BCUT2D eigenvalue weighted by Gasteiger charge is -2.20. The number of aryl methyl sites for hydroxylation is 1. The quantitative estimate of drug-likeness (QED) is 0.613. The van der Waals surface area contributed by atoms with Crippen LogP contribution in [0.1, 0.15) is 24.2 Å². The summed E-state index contributed by atoms with van der Waals surface area (Å²) in [5.74, 6) is 0.890. The Morgan fingerprint density at radius 2 is 1.80 bits per heavy atom. The average Bonchev–Trinajstić information content (AvgIpc) is 3.29. The molecule has 3 aromatic rings. The van der Waals surface area contributed by atoms with E-state index in [2.05, 4.69) is 4.99 Å². The normalized spacial score (nSPS) is 14.3. The van der Waals surface area contributed by atoms with Crippen LogP contribution in [0.2, 0.25) is 0 Å². The zero-order chi connectivity index (χ0) is 21.6. The first-order valence-corrected chi connectivity index (χ1v) is 11.5. The lowest BCUT2D eigenvalue weighted by molar-refractivity contribution is 0.0998. The van der Waals surface area contributed by atoms with Crippen molar-refractivity contribution in [1.82, 2.24) is 8.87 Å². The van der Waals surface area contributed by atoms with Gasteiger partial charge in [0.2, 0.25) is 16.8 Å². The van der Waals surface area contributed by atoms with E-state index in [1.807, 2.05) is 23.7 Å². The van der Waals surface area contributed by atoms with Crippen molar-refractivity contribution < 1.29 is 22.7 Å². The fourth-order valence-electron chi connectivity index (χ4n) is 2.99. The second-order valence-corrected chi connectivity index (χ2v) is 10.2. The third kappa shape index (κ3) is 3.51. The van der Waals surface area contributed by atoms with Crippen molar-refractivity contribution in [3.05, 3.63) is 46.8 Å². The highest BCUT2D eigenvalue weighted by atomic mass is 32.2. The Kier molecular flexibility index (Phi) is 5.16. The topological polar surface area (TPSA) is 90.2 Å². The minimum absolute atomic E-state index is 0.136. The summed E-state index contributed by atoms with van der Waals surface area (Å²) in [5, 5.41) is 0. The molecule has 0 saturated carbocycles. The number of hydrogen-bond acceptors (Lipinski definition) is 6. The maximum Gasteiger partial charge on any atom is 0.279 e. The van der Waals surface area contributed by atoms with Gasteiger partial charge in [-0.25, -0.2) is 8.42 Å². The summed E-state index contributed by atoms with van der Waals surface area (Å²) < 4.78 is 40.0. The molecule has 0 fully saturated rings. The third-order valence-corrected chi connectivity index (χ3v) is 8.15. The molecule has 158 valence electrons. The second-order valence-electron chi connectivity index (χ2n) is 7.17. The number of sulfonamides is 1. The Labute approximate surface area is 178 Å². The van der Waals surface area contributed by atoms with Gasteiger partial charge in [-0.15, -0.1) is 0 Å². The highest BCUT2D eigenvalue weighted by Gasteiger charge is 2.23. The third-order valence-electron chi connectivity index (χ3n) is 5.01. The predicted octanol–water partition coefficient (Wildman–Crippen LogP) is 2.74. The number of nitrogens with zero attached hydrogens (tertiary/aromatic N) is 3. The van der Waals surface area contributed by atoms with Crippen LogP contribution in [0.5, 0.6) is 11.5 Å². The number of fused-ring (bicyclic) bond motifs is 2. The molecule has 1 aromatic heterocycles. The zero-order valence-electron chi connectivity index (χ0n) is 16.9. The van der Waals surface area contributed by atoms with Crippen LogP contribution >= 0.6 is 11.3 Å². The van der Waals surface area contributed by atoms with Crippen molar-refractivity contribution in [3.63, 3.8) is 0 Å². The molecule has 0 aliphatic carbocycles. The molecule has 0 atom stereocenters. The van der Waals surface area contributed by atoms with Crippen molar-refractivity contribution >= 4 is 37.5 Å². The number of rotatable bonds is 4. The standard InChI is InChI=1S/C20H21N3O5S2/c1-12(2)23(4)30(25,26)14-7-5-13(6-8-14)19(24)21-20-22(3)15-9-16-17(28-11-27-16)10-18(15)29-20/h5-10,12H,11H2,1-4H3. The summed E-state index contributed by atoms with van der Waals surface area (Å²) in [5.41, 5.74) is 1.20. The predicted molar refractivity (Wildman–Crippen MR) is 113 cm³/mol. The number of ether oxygens (including phenoxy) is 2. The number of aromatic nitrogens is 1. The molecule has 0 saturated heterocycles. The van der Waals surface area contributed by atoms with Crippen molar-refractivity contribution in [2.75, 3.05) is 13.8 Å². The summed E-state index contributed by atoms with van der Waals surface area (Å²) in [7, 11) is -0.250. The van der Waals surface area contributed by atoms with Crippen LogP contribution in [0.25, 0.3) is 10.2 Å². The van der Waals surface area contributed by atoms with Crippen molar-refractivity contribution in [3.8, 4) is 11.5 Å². The van der Waals surface area contributed by atoms with Crippen molar-refractivity contribution in [2.24, 2.45) is 12.0 Å². The fourth-order valence-corrected chi connectivity index (χ4v) is 5.38. The van der Waals surface area contributed by atoms with Crippen LogP contribution in [-0.2, 0) is 17.1 Å². The van der Waals surface area contributed by atoms with E-state index >= 15 is 0 Å². The molecule has 1 amide bonds. The van der Waals surface area contributed by atoms with Crippen LogP contribution in [0.15, 0.2) is 46.3 Å². The lowest BCUT2D eigenvalue weighted by Crippen LogP contribution is -2.33. The van der Waals surface area contributed by atoms with E-state index in [0.29, 0.717) is 21.9 Å². The van der Waals surface area contributed by atoms with Crippen LogP contribution in [-0.4, -0.2) is 43.1 Å². The monoisotopic (exact) mass is 447 g/mol. The van der Waals surface area contributed by atoms with Gasteiger partial charge in [0.15, 0.2) is 16.3 Å². The maximum atomic E-state index is 12.7. The van der Waals surface area contributed by atoms with Crippen LogP contribution in [0, 0.1) is 0 Å². The zero-order valence-corrected chi connectivity index (χ0v) is 18.6. The minimum atomic E-state index is -3.60. The molecule has 0 radical (unpaired) electrons. The van der Waals surface area contributed by atoms with E-state index < -0.39 is 15.9 Å². The molecule has 30 heavy (non-hydrogen) atoms. The SMILES string of the molecule is CC(C)N(C)S(=O)(=O)c1ccc(C(=O)N=c2sc3cc4c(cc3n2C)OCO4)cc1. The van der Waals surface area contributed by atoms with E-state index in [1.165, 1.54) is 47.0 Å². The smallest absolute Gasteiger partial charge is 0.279 e. The van der Waals surface area contributed by atoms with Crippen LogP contribution < -0.4 is 14.3 Å². The maximum absolute atomic E-state index is 12.7. The van der Waals surface area contributed by atoms with E-state index in [-0.39, 0.29) is 17.7 Å². The largest absolute Gasteiger partial charge is 0.454 e. The van der Waals surface area contributed by atoms with Crippen molar-refractivity contribution in [2.45, 2.75) is 24.8 Å². The molecule has 8 nitrogen and oxygen atoms in total. The van der Waals surface area contributed by atoms with Gasteiger partial charge in [0.1, 0.15) is 0 Å². The van der Waals surface area contributed by atoms with Crippen molar-refractivity contribution in [1.29, 1.82) is 0 Å². The molecular formula is C20H21N3O5S2. The minimum Gasteiger partial charge on any atom is -0.454 e. The molecule has 0 unspecified atom stereocenters. The second kappa shape index (κ2) is 7.53. The number of carbonyl (C=O) groups is 1. The van der Waals surface area contributed by atoms with E-state index in [0.717, 1.165) is 10.2 Å². The molecule has 0 N–H and O–H groups in total. The molecule has 10 heteroatoms. The average molecular weight is 448 g/mol. The first-order chi connectivity index (χ1) is 14.2. The summed E-state index contributed by atoms with van der Waals surface area (Å²) in [6.45, 7) is 3.79. The fraction of sp³-hybridized carbons (Fsp3) is 0.300. The van der Waals surface area contributed by atoms with Gasteiger partial charge in [0, 0.05) is 37.8 Å². The lowest BCUT2D eigenvalue weighted by atomic mass is 10.2. The summed E-state index contributed by atoms with van der Waals surface area (Å²) in [4.78, 5) is 17.5. The Balaban J connectivity index is 1.66. The number of carbonyl (C=O) groups excluding carboxylic acids is 1. The number of amides is 1. The van der Waals surface area contributed by atoms with Gasteiger partial charge in [0.25, 0.3) is 5.91 Å². The van der Waals surface area contributed by atoms with Gasteiger partial charge in [0.05, 0.1) is 15.1 Å². The Morgan fingerprint density at radius 3 is 2.43 bits per heavy atom. The first kappa shape index (κ1) is 20.6. The Hall–Kier alpha value is -2.69. The number of thiazole rings is 1. The molecule has 2 heterocycles. The highest BCUT2D eigenvalue weighted by Crippen LogP contribution is 2.36. The molecule has 4 rings (SSSR count). The van der Waals surface area contributed by atoms with Crippen LogP contribution in [0.3, 0.4) is 0 Å². The molecule has 1 aliphatic rings. The Morgan fingerprint density at radius 1 is 1.17 bits per heavy atom. The summed E-state index contributed by atoms with van der Waals surface area (Å²) >= 11 is 1.36. The highest BCUT2D eigenvalue weighted by molar-refractivity contribution is 7.89. The van der Waals surface area contributed by atoms with Gasteiger partial charge >= 0.3 is 0 Å². The number of benzene rings is 2. The molecule has 1 aliphatic heterocycles. The molecule has 2 aromatic carbocycles. The molecule has 0 spiro atoms. The van der Waals surface area contributed by atoms with Gasteiger partial charge in [-0.05, 0) is 38.1 Å². The van der Waals surface area contributed by atoms with Gasteiger partial charge in [-0.2, -0.15) is 9.30 Å². The molecule has 0 bridgehead atoms. The van der Waals surface area contributed by atoms with Crippen LogP contribution in [0.4, 0.5) is 0 Å². The van der Waals surface area contributed by atoms with E-state index in [1.54, 1.807) is 13.8 Å². The first-order valence-electron chi connectivity index (χ1n) is 9.25. The van der Waals surface area contributed by atoms with E-state index in [9.17, 15) is 13.2 Å². The summed E-state index contributed by atoms with van der Waals surface area (Å²) in [6, 6.07) is 9.39. The van der Waals surface area contributed by atoms with Gasteiger partial charge in [-0.3, -0.25) is 4.79 Å². The van der Waals surface area contributed by atoms with E-state index in [4.69, 9.17) is 9.47 Å². The summed E-state index contributed by atoms with van der Waals surface area (Å²) in [6.07, 6.45) is 0. The Bertz CT molecular complexity index is 1300. The number of hydrogen-bond donors (Lipinski definition) is 0. The molecular weight excluding hydrogens is 426 g/mol.